The van der Waals surface area contributed by atoms with E-state index in [9.17, 15) is 19.5 Å². The molecule has 0 saturated carbocycles. The van der Waals surface area contributed by atoms with Gasteiger partial charge >= 0.3 is 12.0 Å². The zero-order valence-electron chi connectivity index (χ0n) is 17.5. The van der Waals surface area contributed by atoms with Crippen molar-refractivity contribution in [3.05, 3.63) is 71.4 Å². The monoisotopic (exact) mass is 454 g/mol. The van der Waals surface area contributed by atoms with E-state index >= 15 is 0 Å². The first-order chi connectivity index (χ1) is 15.2. The van der Waals surface area contributed by atoms with Crippen molar-refractivity contribution in [2.24, 2.45) is 5.92 Å². The van der Waals surface area contributed by atoms with Crippen molar-refractivity contribution in [3.8, 4) is 11.3 Å². The smallest absolute Gasteiger partial charge is 0.326 e. The van der Waals surface area contributed by atoms with E-state index in [0.717, 1.165) is 5.56 Å². The van der Waals surface area contributed by atoms with Gasteiger partial charge in [0.05, 0.1) is 10.7 Å². The van der Waals surface area contributed by atoms with Crippen LogP contribution in [-0.4, -0.2) is 34.0 Å². The van der Waals surface area contributed by atoms with Crippen molar-refractivity contribution in [1.29, 1.82) is 0 Å². The Hall–Kier alpha value is -3.78. The Morgan fingerprint density at radius 3 is 2.25 bits per heavy atom. The zero-order chi connectivity index (χ0) is 23.3. The molecule has 0 aliphatic carbocycles. The van der Waals surface area contributed by atoms with Crippen molar-refractivity contribution in [1.82, 2.24) is 10.3 Å². The van der Waals surface area contributed by atoms with Crippen LogP contribution in [0, 0.1) is 5.92 Å². The minimum atomic E-state index is -1.08. The van der Waals surface area contributed by atoms with E-state index in [1.807, 2.05) is 0 Å². The number of rotatable bonds is 7. The highest BCUT2D eigenvalue weighted by Crippen LogP contribution is 2.23. The first-order valence-corrected chi connectivity index (χ1v) is 10.3. The summed E-state index contributed by atoms with van der Waals surface area (Å²) < 4.78 is 0. The number of para-hydroxylation sites is 1. The average molecular weight is 455 g/mol. The summed E-state index contributed by atoms with van der Waals surface area (Å²) >= 11 is 6.04. The summed E-state index contributed by atoms with van der Waals surface area (Å²) in [4.78, 5) is 38.9. The van der Waals surface area contributed by atoms with Crippen LogP contribution in [0.2, 0.25) is 5.02 Å². The maximum atomic E-state index is 12.4. The van der Waals surface area contributed by atoms with Crippen LogP contribution >= 0.6 is 11.6 Å². The molecule has 3 aromatic rings. The zero-order valence-corrected chi connectivity index (χ0v) is 18.2. The number of carbonyl (C=O) groups excluding carboxylic acids is 2. The highest BCUT2D eigenvalue weighted by atomic mass is 35.5. The Morgan fingerprint density at radius 1 is 0.938 bits per heavy atom. The van der Waals surface area contributed by atoms with E-state index in [-0.39, 0.29) is 11.6 Å². The minimum Gasteiger partial charge on any atom is -0.480 e. The molecule has 0 aliphatic heterocycles. The Morgan fingerprint density at radius 2 is 1.62 bits per heavy atom. The van der Waals surface area contributed by atoms with Crippen LogP contribution in [-0.2, 0) is 4.79 Å². The molecule has 1 atom stereocenters. The van der Waals surface area contributed by atoms with Gasteiger partial charge in [0, 0.05) is 11.4 Å². The number of H-pyrrole nitrogens is 1. The first kappa shape index (κ1) is 22.9. The van der Waals surface area contributed by atoms with E-state index in [2.05, 4.69) is 20.9 Å². The van der Waals surface area contributed by atoms with Crippen molar-refractivity contribution in [2.75, 3.05) is 10.6 Å². The number of amides is 3. The molecule has 0 fully saturated rings. The third-order valence-electron chi connectivity index (χ3n) is 4.73. The summed E-state index contributed by atoms with van der Waals surface area (Å²) in [6.45, 7) is 3.45. The standard InChI is InChI=1S/C23H23ClN4O4/c1-13(2)20(22(30)31)28-21(29)19-12-11-17(26-19)14-7-9-15(10-8-14)25-23(32)27-18-6-4-3-5-16(18)24/h3-13,20,26H,1-2H3,(H,28,29)(H,30,31)(H2,25,27,32). The van der Waals surface area contributed by atoms with Crippen LogP contribution in [0.4, 0.5) is 16.2 Å². The number of aromatic nitrogens is 1. The highest BCUT2D eigenvalue weighted by molar-refractivity contribution is 6.33. The molecule has 3 amide bonds. The van der Waals surface area contributed by atoms with Crippen LogP contribution in [0.1, 0.15) is 24.3 Å². The number of anilines is 2. The number of aromatic amines is 1. The van der Waals surface area contributed by atoms with Crippen LogP contribution in [0.3, 0.4) is 0 Å². The normalized spacial score (nSPS) is 11.6. The van der Waals surface area contributed by atoms with Crippen LogP contribution < -0.4 is 16.0 Å². The average Bonchev–Trinajstić information content (AvgIpc) is 3.24. The second-order valence-corrected chi connectivity index (χ2v) is 7.86. The Labute approximate surface area is 190 Å². The summed E-state index contributed by atoms with van der Waals surface area (Å²) in [6.07, 6.45) is 0. The number of nitrogens with one attached hydrogen (secondary N) is 4. The van der Waals surface area contributed by atoms with Gasteiger partial charge in [0.25, 0.3) is 5.91 Å². The lowest BCUT2D eigenvalue weighted by Crippen LogP contribution is -2.44. The predicted octanol–water partition coefficient (Wildman–Crippen LogP) is 4.82. The van der Waals surface area contributed by atoms with Gasteiger partial charge in [-0.3, -0.25) is 4.79 Å². The number of carbonyl (C=O) groups is 3. The van der Waals surface area contributed by atoms with Gasteiger partial charge in [-0.1, -0.05) is 49.7 Å². The predicted molar refractivity (Wildman–Crippen MR) is 124 cm³/mol. The SMILES string of the molecule is CC(C)C(NC(=O)c1ccc(-c2ccc(NC(=O)Nc3ccccc3Cl)cc2)[nH]1)C(=O)O. The number of hydrogen-bond donors (Lipinski definition) is 5. The van der Waals surface area contributed by atoms with Crippen LogP contribution in [0.25, 0.3) is 11.3 Å². The van der Waals surface area contributed by atoms with E-state index in [4.69, 9.17) is 11.6 Å². The summed E-state index contributed by atoms with van der Waals surface area (Å²) in [7, 11) is 0. The molecule has 2 aromatic carbocycles. The van der Waals surface area contributed by atoms with Gasteiger partial charge in [0.2, 0.25) is 0 Å². The molecule has 8 nitrogen and oxygen atoms in total. The number of aliphatic carboxylic acids is 1. The number of halogens is 1. The molecule has 9 heteroatoms. The summed E-state index contributed by atoms with van der Waals surface area (Å²) in [5.74, 6) is -1.82. The van der Waals surface area contributed by atoms with E-state index in [1.54, 1.807) is 74.5 Å². The number of urea groups is 1. The highest BCUT2D eigenvalue weighted by Gasteiger charge is 2.24. The van der Waals surface area contributed by atoms with Gasteiger partial charge < -0.3 is 26.0 Å². The Kier molecular flexibility index (Phi) is 7.17. The third kappa shape index (κ3) is 5.67. The lowest BCUT2D eigenvalue weighted by Gasteiger charge is -2.17. The van der Waals surface area contributed by atoms with Crippen molar-refractivity contribution in [3.63, 3.8) is 0 Å². The second-order valence-electron chi connectivity index (χ2n) is 7.46. The number of benzene rings is 2. The maximum Gasteiger partial charge on any atom is 0.326 e. The molecule has 32 heavy (non-hydrogen) atoms. The van der Waals surface area contributed by atoms with Gasteiger partial charge in [-0.15, -0.1) is 0 Å². The summed E-state index contributed by atoms with van der Waals surface area (Å²) in [5, 5.41) is 17.6. The van der Waals surface area contributed by atoms with Crippen molar-refractivity contribution in [2.45, 2.75) is 19.9 Å². The summed E-state index contributed by atoms with van der Waals surface area (Å²) in [6, 6.07) is 15.9. The van der Waals surface area contributed by atoms with Gasteiger partial charge in [-0.25, -0.2) is 9.59 Å². The fourth-order valence-electron chi connectivity index (χ4n) is 3.01. The van der Waals surface area contributed by atoms with Crippen molar-refractivity contribution >= 4 is 40.9 Å². The lowest BCUT2D eigenvalue weighted by atomic mass is 10.0. The molecule has 0 aliphatic rings. The van der Waals surface area contributed by atoms with Gasteiger partial charge in [-0.05, 0) is 47.9 Å². The largest absolute Gasteiger partial charge is 0.480 e. The maximum absolute atomic E-state index is 12.4. The lowest BCUT2D eigenvalue weighted by molar-refractivity contribution is -0.140. The molecule has 3 rings (SSSR count). The molecule has 5 N–H and O–H groups in total. The molecule has 1 heterocycles. The molecule has 0 saturated heterocycles. The quantitative estimate of drug-likeness (QED) is 0.351. The number of carboxylic acid groups (broad SMARTS) is 1. The Balaban J connectivity index is 1.63. The van der Waals surface area contributed by atoms with Gasteiger partial charge in [-0.2, -0.15) is 0 Å². The van der Waals surface area contributed by atoms with E-state index in [0.29, 0.717) is 22.1 Å². The minimum absolute atomic E-state index is 0.249. The number of hydrogen-bond acceptors (Lipinski definition) is 3. The van der Waals surface area contributed by atoms with Crippen molar-refractivity contribution < 1.29 is 19.5 Å². The third-order valence-corrected chi connectivity index (χ3v) is 5.06. The molecular formula is C23H23ClN4O4. The fourth-order valence-corrected chi connectivity index (χ4v) is 3.19. The molecular weight excluding hydrogens is 432 g/mol. The van der Waals surface area contributed by atoms with Gasteiger partial charge in [0.1, 0.15) is 11.7 Å². The number of carboxylic acids is 1. The van der Waals surface area contributed by atoms with E-state index < -0.39 is 23.9 Å². The molecule has 0 spiro atoms. The Bertz CT molecular complexity index is 1130. The summed E-state index contributed by atoms with van der Waals surface area (Å²) in [5.41, 5.74) is 2.80. The molecule has 1 aromatic heterocycles. The van der Waals surface area contributed by atoms with Crippen LogP contribution in [0.15, 0.2) is 60.7 Å². The molecule has 0 radical (unpaired) electrons. The van der Waals surface area contributed by atoms with Crippen LogP contribution in [0.5, 0.6) is 0 Å². The fraction of sp³-hybridized carbons (Fsp3) is 0.174. The molecule has 166 valence electrons. The first-order valence-electron chi connectivity index (χ1n) is 9.90. The second kappa shape index (κ2) is 10.0. The molecule has 0 bridgehead atoms. The van der Waals surface area contributed by atoms with Gasteiger partial charge in [0.15, 0.2) is 0 Å². The molecule has 1 unspecified atom stereocenters. The van der Waals surface area contributed by atoms with E-state index in [1.165, 1.54) is 0 Å². The topological polar surface area (TPSA) is 123 Å².